The number of carbonyl (C=O) groups excluding carboxylic acids is 2. The quantitative estimate of drug-likeness (QED) is 0.374. The molecule has 9 nitrogen and oxygen atoms in total. The van der Waals surface area contributed by atoms with Gasteiger partial charge in [0.25, 0.3) is 0 Å². The Labute approximate surface area is 286 Å². The number of aliphatic hydroxyl groups excluding tert-OH is 1. The molecule has 6 atom stereocenters. The smallest absolute Gasteiger partial charge is 0.681 e. The molecule has 1 saturated heterocycles. The van der Waals surface area contributed by atoms with Crippen LogP contribution >= 0.6 is 0 Å². The fourth-order valence-electron chi connectivity index (χ4n) is 7.57. The van der Waals surface area contributed by atoms with Gasteiger partial charge in [-0.25, -0.2) is 0 Å². The number of carbonyl (C=O) groups is 2. The third kappa shape index (κ3) is 5.46. The van der Waals surface area contributed by atoms with E-state index >= 15 is 0 Å². The number of hydrogen-bond acceptors (Lipinski definition) is 5. The molecule has 46 heavy (non-hydrogen) atoms. The van der Waals surface area contributed by atoms with Crippen LogP contribution in [0.1, 0.15) is 87.2 Å². The Balaban J connectivity index is 0.00000417. The first kappa shape index (κ1) is 34.1. The van der Waals surface area contributed by atoms with Crippen LogP contribution in [0, 0.1) is 37.5 Å². The van der Waals surface area contributed by atoms with Crippen molar-refractivity contribution >= 4 is 52.7 Å². The molecule has 4 aliphatic rings. The minimum absolute atomic E-state index is 0. The van der Waals surface area contributed by atoms with Crippen LogP contribution < -0.4 is 20.7 Å². The van der Waals surface area contributed by atoms with Gasteiger partial charge in [-0.05, 0) is 63.9 Å². The molecule has 0 radical (unpaired) electrons. The predicted molar refractivity (Wildman–Crippen MR) is 178 cm³/mol. The van der Waals surface area contributed by atoms with Crippen LogP contribution in [-0.2, 0) is 25.5 Å². The first-order valence-corrected chi connectivity index (χ1v) is 16.0. The SMILES string of the molecule is CCOC(=O)CC[C@@H]1C2[N-]/C(=C\C3=C(C)[C@H](C)/C(=C/c4[n-]c(c(CC)c4C)/C=c4\[n-]c5c(c4C)[C@@H](O)[C@H](C(=O)OC)C=52)[N-]3)[C@H]1C.[Mg+2]. The first-order chi connectivity index (χ1) is 21.5. The van der Waals surface area contributed by atoms with Gasteiger partial charge >= 0.3 is 35.0 Å². The number of nitrogens with zero attached hydrogens (tertiary/aromatic N) is 4. The predicted octanol–water partition coefficient (Wildman–Crippen LogP) is 4.10. The van der Waals surface area contributed by atoms with E-state index in [0.717, 1.165) is 57.2 Å². The Morgan fingerprint density at radius 1 is 0.978 bits per heavy atom. The zero-order valence-electron chi connectivity index (χ0n) is 28.1. The normalized spacial score (nSPS) is 29.1. The molecule has 2 aromatic rings. The van der Waals surface area contributed by atoms with Crippen LogP contribution in [0.2, 0.25) is 0 Å². The summed E-state index contributed by atoms with van der Waals surface area (Å²) in [4.78, 5) is 36.0. The number of rotatable bonds is 6. The minimum Gasteiger partial charge on any atom is -0.681 e. The molecule has 10 heteroatoms. The van der Waals surface area contributed by atoms with Crippen LogP contribution in [0.3, 0.4) is 0 Å². The Kier molecular flexibility index (Phi) is 9.74. The van der Waals surface area contributed by atoms with Crippen molar-refractivity contribution in [2.24, 2.45) is 23.7 Å². The molecule has 0 spiro atoms. The van der Waals surface area contributed by atoms with E-state index in [-0.39, 0.29) is 53.2 Å². The second-order valence-corrected chi connectivity index (χ2v) is 12.7. The molecule has 2 aromatic heterocycles. The van der Waals surface area contributed by atoms with E-state index in [2.05, 4.69) is 46.8 Å². The first-order valence-electron chi connectivity index (χ1n) is 16.0. The molecule has 0 amide bonds. The van der Waals surface area contributed by atoms with E-state index in [4.69, 9.17) is 30.1 Å². The van der Waals surface area contributed by atoms with E-state index in [1.807, 2.05) is 13.0 Å². The summed E-state index contributed by atoms with van der Waals surface area (Å²) in [6.07, 6.45) is 6.55. The number of esters is 2. The average Bonchev–Trinajstić information content (AvgIpc) is 3.74. The number of hydrogen-bond donors (Lipinski definition) is 1. The minimum atomic E-state index is -1.13. The molecule has 0 aromatic carbocycles. The number of allylic oxidation sites excluding steroid dienone is 3. The third-order valence-corrected chi connectivity index (χ3v) is 10.4. The maximum absolute atomic E-state index is 13.3. The van der Waals surface area contributed by atoms with Crippen molar-refractivity contribution in [1.29, 1.82) is 0 Å². The van der Waals surface area contributed by atoms with Gasteiger partial charge in [-0.3, -0.25) is 9.59 Å². The summed E-state index contributed by atoms with van der Waals surface area (Å²) in [7, 11) is 1.34. The summed E-state index contributed by atoms with van der Waals surface area (Å²) in [5.74, 6) is -1.83. The number of ether oxygens (including phenoxy) is 2. The van der Waals surface area contributed by atoms with E-state index < -0.39 is 24.0 Å². The van der Waals surface area contributed by atoms with Crippen molar-refractivity contribution in [2.45, 2.75) is 79.9 Å². The van der Waals surface area contributed by atoms with Gasteiger partial charge in [0.15, 0.2) is 0 Å². The molecular weight excluding hydrogens is 593 g/mol. The molecular formula is C36H42MgN4O5-2. The van der Waals surface area contributed by atoms with Crippen molar-refractivity contribution in [3.63, 3.8) is 0 Å². The van der Waals surface area contributed by atoms with Crippen molar-refractivity contribution in [3.05, 3.63) is 83.7 Å². The summed E-state index contributed by atoms with van der Waals surface area (Å²) < 4.78 is 10.5. The molecule has 8 bridgehead atoms. The molecule has 5 heterocycles. The summed E-state index contributed by atoms with van der Waals surface area (Å²) >= 11 is 0. The second kappa shape index (κ2) is 13.1. The van der Waals surface area contributed by atoms with Crippen molar-refractivity contribution in [3.8, 4) is 0 Å². The van der Waals surface area contributed by atoms with Gasteiger partial charge in [0.2, 0.25) is 0 Å². The van der Waals surface area contributed by atoms with Crippen molar-refractivity contribution in [2.75, 3.05) is 13.7 Å². The van der Waals surface area contributed by atoms with Crippen LogP contribution in [-0.4, -0.2) is 59.9 Å². The van der Waals surface area contributed by atoms with Gasteiger partial charge in [-0.2, -0.15) is 11.4 Å². The fraction of sp³-hybridized carbons (Fsp3) is 0.500. The zero-order chi connectivity index (χ0) is 32.3. The summed E-state index contributed by atoms with van der Waals surface area (Å²) in [5, 5.41) is 23.4. The van der Waals surface area contributed by atoms with Gasteiger partial charge in [0.05, 0.1) is 19.8 Å². The van der Waals surface area contributed by atoms with Crippen molar-refractivity contribution in [1.82, 2.24) is 9.97 Å². The Morgan fingerprint density at radius 2 is 1.72 bits per heavy atom. The number of aromatic nitrogens is 2. The van der Waals surface area contributed by atoms with E-state index in [1.54, 1.807) is 6.92 Å². The number of fused-ring (bicyclic) bond motifs is 8. The molecule has 3 aliphatic heterocycles. The molecule has 6 rings (SSSR count). The van der Waals surface area contributed by atoms with E-state index in [9.17, 15) is 14.7 Å². The topological polar surface area (TPSA) is 129 Å². The Hall–Kier alpha value is -3.21. The number of aliphatic hydroxyl groups is 1. The van der Waals surface area contributed by atoms with E-state index in [0.29, 0.717) is 34.9 Å². The molecule has 240 valence electrons. The third-order valence-electron chi connectivity index (χ3n) is 10.4. The van der Waals surface area contributed by atoms with Gasteiger partial charge in [-0.15, -0.1) is 27.8 Å². The Morgan fingerprint density at radius 3 is 2.39 bits per heavy atom. The average molecular weight is 635 g/mol. The summed E-state index contributed by atoms with van der Waals surface area (Å²) in [6.45, 7) is 14.6. The van der Waals surface area contributed by atoms with Crippen LogP contribution in [0.4, 0.5) is 0 Å². The molecule has 1 aliphatic carbocycles. The Bertz CT molecular complexity index is 1790. The van der Waals surface area contributed by atoms with E-state index in [1.165, 1.54) is 7.11 Å². The standard InChI is InChI=1S/C36H42N4O5.Mg/c1-9-21-18(5)25-13-23-16(3)17(4)24(37-23)14-26-19(6)22(11-12-29(41)45-10-2)33(39-26)31-32(36(43)44-8)35(42)30-20(7)27(40-34(30)31)15-28(21)38-25;/h13-16,19,22,32-33,35,42H,9-12H2,1-8H3;/q-4;+2/b23-13-,26-14-,27-15-;/t16-,19-,22-,32+,33?,35+;/m0./s1. The van der Waals surface area contributed by atoms with Gasteiger partial charge in [0.1, 0.15) is 5.92 Å². The van der Waals surface area contributed by atoms with Gasteiger partial charge in [-0.1, -0.05) is 72.9 Å². The number of methoxy groups -OCH3 is 1. The van der Waals surface area contributed by atoms with Crippen LogP contribution in [0.25, 0.3) is 28.4 Å². The molecule has 0 saturated carbocycles. The molecule has 1 N–H and O–H groups in total. The second-order valence-electron chi connectivity index (χ2n) is 12.7. The maximum Gasteiger partial charge on any atom is 2.00 e. The largest absolute Gasteiger partial charge is 2.00 e. The summed E-state index contributed by atoms with van der Waals surface area (Å²) in [5.41, 5.74) is 9.91. The van der Waals surface area contributed by atoms with Crippen LogP contribution in [0.5, 0.6) is 0 Å². The molecule has 1 unspecified atom stereocenters. The maximum atomic E-state index is 13.3. The van der Waals surface area contributed by atoms with Gasteiger partial charge in [0, 0.05) is 6.42 Å². The summed E-state index contributed by atoms with van der Waals surface area (Å²) in [6, 6.07) is -0.498. The zero-order valence-corrected chi connectivity index (χ0v) is 29.5. The van der Waals surface area contributed by atoms with Crippen molar-refractivity contribution < 1.29 is 24.2 Å². The van der Waals surface area contributed by atoms with Gasteiger partial charge < -0.3 is 35.2 Å². The monoisotopic (exact) mass is 634 g/mol. The van der Waals surface area contributed by atoms with Crippen LogP contribution in [0.15, 0.2) is 28.7 Å². The molecule has 1 fully saturated rings. The fourth-order valence-corrected chi connectivity index (χ4v) is 7.57.